The zero-order valence-corrected chi connectivity index (χ0v) is 14.8. The standard InChI is InChI=1S/C20H22N2O4/c1-4-12-26-17-11-10-15(13-18(17)24-2)14-21-22-20(23)19(25-3)16-8-6-5-7-9-16/h4-11,13-14,19H,1,12H2,2-3H3,(H,22,23)/b21-14-/t19-/m1/s1. The van der Waals surface area contributed by atoms with E-state index in [0.717, 1.165) is 11.1 Å². The fraction of sp³-hybridized carbons (Fsp3) is 0.200. The highest BCUT2D eigenvalue weighted by Gasteiger charge is 2.19. The summed E-state index contributed by atoms with van der Waals surface area (Å²) < 4.78 is 16.1. The van der Waals surface area contributed by atoms with Gasteiger partial charge in [-0.2, -0.15) is 5.10 Å². The molecule has 2 aromatic rings. The van der Waals surface area contributed by atoms with Gasteiger partial charge in [0.2, 0.25) is 0 Å². The molecule has 6 heteroatoms. The molecule has 2 rings (SSSR count). The molecule has 0 saturated carbocycles. The van der Waals surface area contributed by atoms with Crippen molar-refractivity contribution >= 4 is 12.1 Å². The summed E-state index contributed by atoms with van der Waals surface area (Å²) in [6, 6.07) is 14.6. The van der Waals surface area contributed by atoms with E-state index in [-0.39, 0.29) is 5.91 Å². The van der Waals surface area contributed by atoms with Gasteiger partial charge in [-0.1, -0.05) is 43.0 Å². The summed E-state index contributed by atoms with van der Waals surface area (Å²) in [4.78, 5) is 12.3. The minimum Gasteiger partial charge on any atom is -0.493 e. The molecular formula is C20H22N2O4. The highest BCUT2D eigenvalue weighted by atomic mass is 16.5. The van der Waals surface area contributed by atoms with Crippen molar-refractivity contribution in [3.63, 3.8) is 0 Å². The van der Waals surface area contributed by atoms with Crippen molar-refractivity contribution in [1.82, 2.24) is 5.43 Å². The first-order valence-electron chi connectivity index (χ1n) is 8.02. The van der Waals surface area contributed by atoms with Crippen molar-refractivity contribution in [2.45, 2.75) is 6.10 Å². The molecule has 1 N–H and O–H groups in total. The predicted octanol–water partition coefficient (Wildman–Crippen LogP) is 3.10. The Morgan fingerprint density at radius 3 is 2.62 bits per heavy atom. The van der Waals surface area contributed by atoms with Gasteiger partial charge in [0.25, 0.3) is 5.91 Å². The number of carbonyl (C=O) groups is 1. The molecule has 26 heavy (non-hydrogen) atoms. The quantitative estimate of drug-likeness (QED) is 0.427. The van der Waals surface area contributed by atoms with E-state index in [9.17, 15) is 4.79 Å². The van der Waals surface area contributed by atoms with Crippen molar-refractivity contribution in [2.24, 2.45) is 5.10 Å². The number of methoxy groups -OCH3 is 2. The normalized spacial score (nSPS) is 11.8. The Labute approximate surface area is 153 Å². The van der Waals surface area contributed by atoms with E-state index in [1.807, 2.05) is 36.4 Å². The summed E-state index contributed by atoms with van der Waals surface area (Å²) in [5.74, 6) is 0.825. The highest BCUT2D eigenvalue weighted by Crippen LogP contribution is 2.27. The Bertz CT molecular complexity index is 760. The molecule has 0 aromatic heterocycles. The molecule has 136 valence electrons. The van der Waals surface area contributed by atoms with Gasteiger partial charge in [0.05, 0.1) is 13.3 Å². The zero-order valence-electron chi connectivity index (χ0n) is 14.8. The van der Waals surface area contributed by atoms with Gasteiger partial charge in [0.1, 0.15) is 6.61 Å². The Balaban J connectivity index is 2.03. The van der Waals surface area contributed by atoms with Crippen LogP contribution in [0.2, 0.25) is 0 Å². The van der Waals surface area contributed by atoms with Crippen molar-refractivity contribution in [3.8, 4) is 11.5 Å². The van der Waals surface area contributed by atoms with Gasteiger partial charge in [-0.3, -0.25) is 4.79 Å². The van der Waals surface area contributed by atoms with Crippen LogP contribution in [0.15, 0.2) is 66.3 Å². The number of nitrogens with zero attached hydrogens (tertiary/aromatic N) is 1. The summed E-state index contributed by atoms with van der Waals surface area (Å²) in [6.45, 7) is 4.00. The van der Waals surface area contributed by atoms with E-state index in [2.05, 4.69) is 17.1 Å². The zero-order chi connectivity index (χ0) is 18.8. The van der Waals surface area contributed by atoms with Crippen LogP contribution in [-0.4, -0.2) is 32.9 Å². The fourth-order valence-corrected chi connectivity index (χ4v) is 2.28. The van der Waals surface area contributed by atoms with E-state index in [1.54, 1.807) is 25.3 Å². The lowest BCUT2D eigenvalue weighted by Crippen LogP contribution is -2.26. The monoisotopic (exact) mass is 354 g/mol. The molecule has 2 aromatic carbocycles. The number of nitrogens with one attached hydrogen (secondary N) is 1. The van der Waals surface area contributed by atoms with Crippen molar-refractivity contribution < 1.29 is 19.0 Å². The number of hydrogen-bond donors (Lipinski definition) is 1. The molecule has 0 fully saturated rings. The molecular weight excluding hydrogens is 332 g/mol. The van der Waals surface area contributed by atoms with E-state index in [1.165, 1.54) is 13.3 Å². The number of benzene rings is 2. The van der Waals surface area contributed by atoms with Crippen LogP contribution in [0.3, 0.4) is 0 Å². The lowest BCUT2D eigenvalue weighted by molar-refractivity contribution is -0.131. The summed E-state index contributed by atoms with van der Waals surface area (Å²) in [5.41, 5.74) is 4.00. The van der Waals surface area contributed by atoms with Crippen molar-refractivity contribution in [3.05, 3.63) is 72.3 Å². The largest absolute Gasteiger partial charge is 0.493 e. The van der Waals surface area contributed by atoms with Gasteiger partial charge in [-0.05, 0) is 29.3 Å². The summed E-state index contributed by atoms with van der Waals surface area (Å²) in [5, 5.41) is 3.99. The number of hydrazone groups is 1. The van der Waals surface area contributed by atoms with Crippen LogP contribution in [0.25, 0.3) is 0 Å². The number of hydrogen-bond acceptors (Lipinski definition) is 5. The average Bonchev–Trinajstić information content (AvgIpc) is 2.68. The van der Waals surface area contributed by atoms with Crippen molar-refractivity contribution in [2.75, 3.05) is 20.8 Å². The average molecular weight is 354 g/mol. The maximum atomic E-state index is 12.3. The van der Waals surface area contributed by atoms with Gasteiger partial charge >= 0.3 is 0 Å². The number of ether oxygens (including phenoxy) is 3. The van der Waals surface area contributed by atoms with E-state index in [4.69, 9.17) is 14.2 Å². The van der Waals surface area contributed by atoms with Crippen LogP contribution < -0.4 is 14.9 Å². The van der Waals surface area contributed by atoms with Crippen LogP contribution >= 0.6 is 0 Å². The molecule has 0 bridgehead atoms. The molecule has 0 aliphatic carbocycles. The minimum atomic E-state index is -0.724. The number of carbonyl (C=O) groups excluding carboxylic acids is 1. The second kappa shape index (κ2) is 10.0. The molecule has 0 radical (unpaired) electrons. The molecule has 6 nitrogen and oxygen atoms in total. The maximum Gasteiger partial charge on any atom is 0.273 e. The molecule has 1 amide bonds. The fourth-order valence-electron chi connectivity index (χ4n) is 2.28. The molecule has 0 aliphatic rings. The van der Waals surface area contributed by atoms with Gasteiger partial charge in [-0.15, -0.1) is 0 Å². The van der Waals surface area contributed by atoms with Crippen LogP contribution in [0.5, 0.6) is 11.5 Å². The smallest absolute Gasteiger partial charge is 0.273 e. The third kappa shape index (κ3) is 5.19. The maximum absolute atomic E-state index is 12.3. The summed E-state index contributed by atoms with van der Waals surface area (Å²) >= 11 is 0. The van der Waals surface area contributed by atoms with Gasteiger partial charge in [0, 0.05) is 7.11 Å². The molecule has 0 spiro atoms. The summed E-state index contributed by atoms with van der Waals surface area (Å²) in [6.07, 6.45) is 2.45. The molecule has 0 heterocycles. The number of rotatable bonds is 9. The van der Waals surface area contributed by atoms with Crippen LogP contribution in [0.1, 0.15) is 17.2 Å². The lowest BCUT2D eigenvalue weighted by Gasteiger charge is -2.13. The van der Waals surface area contributed by atoms with E-state index >= 15 is 0 Å². The van der Waals surface area contributed by atoms with Crippen molar-refractivity contribution in [1.29, 1.82) is 0 Å². The van der Waals surface area contributed by atoms with E-state index in [0.29, 0.717) is 18.1 Å². The Kier molecular flexibility index (Phi) is 7.39. The molecule has 0 aliphatic heterocycles. The van der Waals surface area contributed by atoms with E-state index < -0.39 is 6.10 Å². The van der Waals surface area contributed by atoms with Gasteiger partial charge < -0.3 is 14.2 Å². The third-order valence-corrected chi connectivity index (χ3v) is 3.51. The first kappa shape index (κ1) is 19.2. The first-order valence-corrected chi connectivity index (χ1v) is 8.02. The third-order valence-electron chi connectivity index (χ3n) is 3.51. The Morgan fingerprint density at radius 1 is 1.19 bits per heavy atom. The van der Waals surface area contributed by atoms with Crippen LogP contribution in [-0.2, 0) is 9.53 Å². The highest BCUT2D eigenvalue weighted by molar-refractivity contribution is 5.85. The van der Waals surface area contributed by atoms with Crippen LogP contribution in [0.4, 0.5) is 0 Å². The SMILES string of the molecule is C=CCOc1ccc(/C=N\NC(=O)[C@H](OC)c2ccccc2)cc1OC. The topological polar surface area (TPSA) is 69.2 Å². The van der Waals surface area contributed by atoms with Gasteiger partial charge in [0.15, 0.2) is 17.6 Å². The Morgan fingerprint density at radius 2 is 1.96 bits per heavy atom. The lowest BCUT2D eigenvalue weighted by atomic mass is 10.1. The molecule has 0 saturated heterocycles. The predicted molar refractivity (Wildman–Crippen MR) is 101 cm³/mol. The minimum absolute atomic E-state index is 0.354. The molecule has 0 unspecified atom stereocenters. The second-order valence-electron chi connectivity index (χ2n) is 5.27. The molecule has 1 atom stereocenters. The Hall–Kier alpha value is -3.12. The summed E-state index contributed by atoms with van der Waals surface area (Å²) in [7, 11) is 3.04. The van der Waals surface area contributed by atoms with Crippen LogP contribution in [0, 0.1) is 0 Å². The first-order chi connectivity index (χ1) is 12.7. The second-order valence-corrected chi connectivity index (χ2v) is 5.27. The van der Waals surface area contributed by atoms with Gasteiger partial charge in [-0.25, -0.2) is 5.43 Å². The number of amides is 1.